The Hall–Kier alpha value is -3.73. The highest BCUT2D eigenvalue weighted by Crippen LogP contribution is 2.26. The first-order chi connectivity index (χ1) is 17.8. The maximum atomic E-state index is 13.2. The van der Waals surface area contributed by atoms with Crippen molar-refractivity contribution in [2.75, 3.05) is 31.5 Å². The number of aromatic nitrogens is 3. The minimum Gasteiger partial charge on any atom is -0.406 e. The smallest absolute Gasteiger partial charge is 0.406 e. The molecule has 0 saturated carbocycles. The maximum Gasteiger partial charge on any atom is 0.573 e. The highest BCUT2D eigenvalue weighted by molar-refractivity contribution is 5.95. The zero-order chi connectivity index (χ0) is 25.8. The van der Waals surface area contributed by atoms with Crippen molar-refractivity contribution in [3.8, 4) is 17.1 Å². The van der Waals surface area contributed by atoms with Crippen LogP contribution in [0.5, 0.6) is 5.75 Å². The van der Waals surface area contributed by atoms with Crippen molar-refractivity contribution in [2.24, 2.45) is 0 Å². The monoisotopic (exact) mass is 512 g/mol. The fraction of sp³-hybridized carbons (Fsp3) is 0.385. The average Bonchev–Trinajstić information content (AvgIpc) is 3.44. The maximum absolute atomic E-state index is 13.2. The van der Waals surface area contributed by atoms with Gasteiger partial charge in [0.15, 0.2) is 5.82 Å². The van der Waals surface area contributed by atoms with Gasteiger partial charge >= 0.3 is 6.36 Å². The molecule has 0 bridgehead atoms. The van der Waals surface area contributed by atoms with Crippen LogP contribution in [0.3, 0.4) is 0 Å². The number of nitrogens with zero attached hydrogens (tertiary/aromatic N) is 5. The predicted molar refractivity (Wildman–Crippen MR) is 131 cm³/mol. The van der Waals surface area contributed by atoms with E-state index in [4.69, 9.17) is 0 Å². The Morgan fingerprint density at radius 3 is 2.41 bits per heavy atom. The molecular weight excluding hydrogens is 485 g/mol. The number of alkyl halides is 3. The van der Waals surface area contributed by atoms with Crippen molar-refractivity contribution in [1.82, 2.24) is 24.8 Å². The van der Waals surface area contributed by atoms with Crippen molar-refractivity contribution < 1.29 is 22.7 Å². The molecule has 37 heavy (non-hydrogen) atoms. The van der Waals surface area contributed by atoms with E-state index in [9.17, 15) is 18.0 Å². The molecule has 0 atom stereocenters. The topological polar surface area (TPSA) is 83.5 Å². The molecule has 3 heterocycles. The quantitative estimate of drug-likeness (QED) is 0.504. The van der Waals surface area contributed by atoms with Gasteiger partial charge in [0.25, 0.3) is 5.91 Å². The first-order valence-corrected chi connectivity index (χ1v) is 12.3. The Morgan fingerprint density at radius 2 is 1.70 bits per heavy atom. The summed E-state index contributed by atoms with van der Waals surface area (Å²) in [5.41, 5.74) is 1.72. The lowest BCUT2D eigenvalue weighted by Gasteiger charge is -2.36. The Labute approximate surface area is 212 Å². The molecule has 0 spiro atoms. The summed E-state index contributed by atoms with van der Waals surface area (Å²) in [6, 6.07) is 13.0. The number of hydrogen-bond donors (Lipinski definition) is 1. The van der Waals surface area contributed by atoms with Gasteiger partial charge in [-0.05, 0) is 75.2 Å². The molecule has 0 aliphatic carbocycles. The van der Waals surface area contributed by atoms with Crippen LogP contribution in [0.4, 0.5) is 24.8 Å². The first-order valence-electron chi connectivity index (χ1n) is 12.3. The van der Waals surface area contributed by atoms with Crippen molar-refractivity contribution in [2.45, 2.75) is 38.1 Å². The van der Waals surface area contributed by atoms with Crippen LogP contribution in [-0.2, 0) is 0 Å². The van der Waals surface area contributed by atoms with Gasteiger partial charge in [-0.15, -0.1) is 13.2 Å². The number of hydrogen-bond acceptors (Lipinski definition) is 7. The lowest BCUT2D eigenvalue weighted by atomic mass is 10.0. The van der Waals surface area contributed by atoms with E-state index in [1.807, 2.05) is 11.0 Å². The summed E-state index contributed by atoms with van der Waals surface area (Å²) in [7, 11) is 0. The number of nitrogens with one attached hydrogen (secondary N) is 1. The second-order valence-corrected chi connectivity index (χ2v) is 9.18. The molecule has 5 rings (SSSR count). The molecule has 2 aliphatic heterocycles. The fourth-order valence-corrected chi connectivity index (χ4v) is 4.88. The van der Waals surface area contributed by atoms with Crippen LogP contribution in [-0.4, -0.2) is 69.2 Å². The zero-order valence-corrected chi connectivity index (χ0v) is 20.1. The minimum atomic E-state index is -4.75. The highest BCUT2D eigenvalue weighted by Gasteiger charge is 2.31. The van der Waals surface area contributed by atoms with Gasteiger partial charge in [-0.2, -0.15) is 4.98 Å². The van der Waals surface area contributed by atoms with Crippen LogP contribution in [0, 0.1) is 0 Å². The van der Waals surface area contributed by atoms with E-state index in [2.05, 4.69) is 29.9 Å². The molecule has 1 N–H and O–H groups in total. The van der Waals surface area contributed by atoms with Crippen LogP contribution in [0.15, 0.2) is 54.9 Å². The number of benzene rings is 2. The number of piperidine rings is 1. The number of carbonyl (C=O) groups is 1. The van der Waals surface area contributed by atoms with Gasteiger partial charge in [-0.25, -0.2) is 9.97 Å². The summed E-state index contributed by atoms with van der Waals surface area (Å²) in [4.78, 5) is 30.4. The summed E-state index contributed by atoms with van der Waals surface area (Å²) < 4.78 is 41.0. The Morgan fingerprint density at radius 1 is 0.973 bits per heavy atom. The molecule has 2 saturated heterocycles. The molecule has 0 unspecified atom stereocenters. The number of carbonyl (C=O) groups excluding carboxylic acids is 1. The van der Waals surface area contributed by atoms with Crippen molar-refractivity contribution in [1.29, 1.82) is 0 Å². The van der Waals surface area contributed by atoms with Gasteiger partial charge in [0.1, 0.15) is 12.1 Å². The van der Waals surface area contributed by atoms with Gasteiger partial charge in [-0.3, -0.25) is 4.79 Å². The van der Waals surface area contributed by atoms with Gasteiger partial charge in [0.05, 0.1) is 0 Å². The lowest BCUT2D eigenvalue weighted by molar-refractivity contribution is -0.274. The third kappa shape index (κ3) is 6.34. The standard InChI is InChI=1S/C26H27F3N6O2/c27-26(28,29)37-22-8-6-20(7-9-22)32-25-31-17-30-23(33-25)18-4-3-5-19(16-18)24(36)35-14-10-21(11-15-35)34-12-1-2-13-34/h3-9,16-17,21H,1-2,10-15H2,(H,30,31,32,33). The Bertz CT molecular complexity index is 1220. The second kappa shape index (κ2) is 10.7. The zero-order valence-electron chi connectivity index (χ0n) is 20.1. The van der Waals surface area contributed by atoms with E-state index in [1.165, 1.54) is 56.5 Å². The van der Waals surface area contributed by atoms with Crippen LogP contribution >= 0.6 is 0 Å². The predicted octanol–water partition coefficient (Wildman–Crippen LogP) is 4.88. The van der Waals surface area contributed by atoms with E-state index in [1.54, 1.807) is 18.2 Å². The summed E-state index contributed by atoms with van der Waals surface area (Å²) in [5.74, 6) is 0.263. The second-order valence-electron chi connectivity index (χ2n) is 9.18. The summed E-state index contributed by atoms with van der Waals surface area (Å²) >= 11 is 0. The fourth-order valence-electron chi connectivity index (χ4n) is 4.88. The van der Waals surface area contributed by atoms with Gasteiger partial charge in [0, 0.05) is 35.9 Å². The van der Waals surface area contributed by atoms with Gasteiger partial charge < -0.3 is 19.9 Å². The third-order valence-electron chi connectivity index (χ3n) is 6.69. The summed E-state index contributed by atoms with van der Waals surface area (Å²) in [6.07, 6.45) is 1.11. The molecule has 2 aromatic carbocycles. The molecule has 194 valence electrons. The molecule has 11 heteroatoms. The summed E-state index contributed by atoms with van der Waals surface area (Å²) in [5, 5.41) is 2.94. The number of amides is 1. The SMILES string of the molecule is O=C(c1cccc(-c2ncnc(Nc3ccc(OC(F)(F)F)cc3)n2)c1)N1CCC(N2CCCC2)CC1. The van der Waals surface area contributed by atoms with Gasteiger partial charge in [0.2, 0.25) is 5.95 Å². The third-order valence-corrected chi connectivity index (χ3v) is 6.69. The molecule has 0 radical (unpaired) electrons. The van der Waals surface area contributed by atoms with Gasteiger partial charge in [-0.1, -0.05) is 12.1 Å². The number of anilines is 2. The Kier molecular flexibility index (Phi) is 7.22. The van der Waals surface area contributed by atoms with Crippen LogP contribution in [0.2, 0.25) is 0 Å². The normalized spacial score (nSPS) is 17.1. The Balaban J connectivity index is 1.24. The number of halogens is 3. The number of ether oxygens (including phenoxy) is 1. The van der Waals surface area contributed by atoms with Crippen LogP contribution in [0.1, 0.15) is 36.0 Å². The van der Waals surface area contributed by atoms with E-state index in [0.29, 0.717) is 28.7 Å². The molecular formula is C26H27F3N6O2. The number of likely N-dealkylation sites (tertiary alicyclic amines) is 2. The highest BCUT2D eigenvalue weighted by atomic mass is 19.4. The largest absolute Gasteiger partial charge is 0.573 e. The van der Waals surface area contributed by atoms with Crippen LogP contribution < -0.4 is 10.1 Å². The van der Waals surface area contributed by atoms with E-state index >= 15 is 0 Å². The lowest BCUT2D eigenvalue weighted by Crippen LogP contribution is -2.45. The van der Waals surface area contributed by atoms with Crippen molar-refractivity contribution in [3.05, 3.63) is 60.4 Å². The van der Waals surface area contributed by atoms with E-state index < -0.39 is 6.36 Å². The van der Waals surface area contributed by atoms with Crippen LogP contribution in [0.25, 0.3) is 11.4 Å². The first kappa shape index (κ1) is 24.9. The molecule has 3 aromatic rings. The number of rotatable bonds is 6. The van der Waals surface area contributed by atoms with E-state index in [0.717, 1.165) is 25.9 Å². The molecule has 8 nitrogen and oxygen atoms in total. The minimum absolute atomic E-state index is 0.00436. The van der Waals surface area contributed by atoms with Crippen molar-refractivity contribution in [3.63, 3.8) is 0 Å². The van der Waals surface area contributed by atoms with Crippen molar-refractivity contribution >= 4 is 17.5 Å². The van der Waals surface area contributed by atoms with E-state index in [-0.39, 0.29) is 17.6 Å². The molecule has 1 aromatic heterocycles. The molecule has 2 fully saturated rings. The average molecular weight is 513 g/mol. The molecule has 1 amide bonds. The summed E-state index contributed by atoms with van der Waals surface area (Å²) in [6.45, 7) is 3.83. The molecule has 2 aliphatic rings.